The number of hydrogen-bond donors (Lipinski definition) is 1. The molecule has 0 bridgehead atoms. The zero-order valence-corrected chi connectivity index (χ0v) is 14.5. The van der Waals surface area contributed by atoms with Gasteiger partial charge in [0.05, 0.1) is 11.6 Å². The van der Waals surface area contributed by atoms with E-state index in [0.717, 1.165) is 38.5 Å². The van der Waals surface area contributed by atoms with Crippen LogP contribution in [0.5, 0.6) is 0 Å². The number of aliphatic hydroxyl groups is 1. The molecule has 1 N–H and O–H groups in total. The lowest BCUT2D eigenvalue weighted by molar-refractivity contribution is -0.137. The molecule has 1 aliphatic heterocycles. The van der Waals surface area contributed by atoms with E-state index in [9.17, 15) is 15.2 Å². The molecule has 5 rings (SSSR count). The van der Waals surface area contributed by atoms with Crippen LogP contribution < -0.4 is 0 Å². The first-order chi connectivity index (χ1) is 11.4. The van der Waals surface area contributed by atoms with Crippen molar-refractivity contribution in [1.82, 2.24) is 0 Å². The van der Waals surface area contributed by atoms with Crippen LogP contribution in [0.2, 0.25) is 0 Å². The summed E-state index contributed by atoms with van der Waals surface area (Å²) in [6.45, 7) is 4.48. The van der Waals surface area contributed by atoms with Crippen molar-refractivity contribution in [3.05, 3.63) is 11.3 Å². The van der Waals surface area contributed by atoms with Gasteiger partial charge in [-0.05, 0) is 56.3 Å². The monoisotopic (exact) mass is 327 g/mol. The molecule has 4 heteroatoms. The van der Waals surface area contributed by atoms with Gasteiger partial charge in [0.1, 0.15) is 23.2 Å². The van der Waals surface area contributed by atoms with Gasteiger partial charge in [-0.25, -0.2) is 0 Å². The van der Waals surface area contributed by atoms with Crippen molar-refractivity contribution in [2.24, 2.45) is 28.6 Å². The van der Waals surface area contributed by atoms with Crippen molar-refractivity contribution in [2.45, 2.75) is 70.5 Å². The van der Waals surface area contributed by atoms with Gasteiger partial charge in [0.25, 0.3) is 0 Å². The lowest BCUT2D eigenvalue weighted by Gasteiger charge is -2.58. The van der Waals surface area contributed by atoms with Crippen LogP contribution >= 0.6 is 0 Å². The maximum atomic E-state index is 12.5. The van der Waals surface area contributed by atoms with E-state index in [1.54, 1.807) is 0 Å². The van der Waals surface area contributed by atoms with Crippen LogP contribution in [0.1, 0.15) is 58.8 Å². The molecule has 4 fully saturated rings. The first kappa shape index (κ1) is 15.0. The third-order valence-electron chi connectivity index (χ3n) is 8.71. The zero-order valence-electron chi connectivity index (χ0n) is 14.5. The number of hydrogen-bond acceptors (Lipinski definition) is 4. The van der Waals surface area contributed by atoms with Gasteiger partial charge in [-0.1, -0.05) is 13.8 Å². The Balaban J connectivity index is 1.56. The summed E-state index contributed by atoms with van der Waals surface area (Å²) in [7, 11) is 0. The van der Waals surface area contributed by atoms with Gasteiger partial charge in [-0.15, -0.1) is 0 Å². The number of fused-ring (bicyclic) bond motifs is 4. The quantitative estimate of drug-likeness (QED) is 0.689. The van der Waals surface area contributed by atoms with E-state index in [4.69, 9.17) is 4.74 Å². The number of Topliss-reactive ketones (excluding diaryl/α,β-unsaturated/α-hetero) is 1. The van der Waals surface area contributed by atoms with Crippen LogP contribution in [-0.2, 0) is 9.53 Å². The fourth-order valence-electron chi connectivity index (χ4n) is 7.30. The summed E-state index contributed by atoms with van der Waals surface area (Å²) in [5, 5.41) is 19.8. The van der Waals surface area contributed by atoms with E-state index in [1.165, 1.54) is 0 Å². The second-order valence-electron chi connectivity index (χ2n) is 9.29. The number of allylic oxidation sites excluding steroid dienone is 1. The van der Waals surface area contributed by atoms with Crippen LogP contribution in [0.15, 0.2) is 11.3 Å². The van der Waals surface area contributed by atoms with Gasteiger partial charge in [0, 0.05) is 17.3 Å². The third-order valence-corrected chi connectivity index (χ3v) is 8.71. The highest BCUT2D eigenvalue weighted by Crippen LogP contribution is 2.72. The molecule has 1 spiro atoms. The van der Waals surface area contributed by atoms with Gasteiger partial charge >= 0.3 is 0 Å². The highest BCUT2D eigenvalue weighted by molar-refractivity contribution is 5.87. The molecule has 5 aliphatic rings. The van der Waals surface area contributed by atoms with Crippen LogP contribution in [0.25, 0.3) is 0 Å². The van der Waals surface area contributed by atoms with E-state index in [0.29, 0.717) is 35.5 Å². The van der Waals surface area contributed by atoms with Gasteiger partial charge < -0.3 is 9.84 Å². The second-order valence-corrected chi connectivity index (χ2v) is 9.29. The number of carbonyl (C=O) groups excluding carboxylic acids is 1. The fourth-order valence-corrected chi connectivity index (χ4v) is 7.30. The summed E-state index contributed by atoms with van der Waals surface area (Å²) in [5.41, 5.74) is 0.0724. The highest BCUT2D eigenvalue weighted by Gasteiger charge is 2.76. The number of carbonyl (C=O) groups is 1. The molecule has 1 saturated heterocycles. The van der Waals surface area contributed by atoms with Crippen molar-refractivity contribution in [2.75, 3.05) is 0 Å². The average Bonchev–Trinajstić information content (AvgIpc) is 3.23. The molecule has 4 aliphatic carbocycles. The summed E-state index contributed by atoms with van der Waals surface area (Å²) in [4.78, 5) is 12.5. The fraction of sp³-hybridized carbons (Fsp3) is 0.800. The van der Waals surface area contributed by atoms with Gasteiger partial charge in [0.15, 0.2) is 0 Å². The van der Waals surface area contributed by atoms with Crippen LogP contribution in [0.3, 0.4) is 0 Å². The number of aliphatic hydroxyl groups excluding tert-OH is 1. The van der Waals surface area contributed by atoms with E-state index >= 15 is 0 Å². The Labute approximate surface area is 142 Å². The zero-order chi connectivity index (χ0) is 16.9. The first-order valence-electron chi connectivity index (χ1n) is 9.41. The van der Waals surface area contributed by atoms with Gasteiger partial charge in [-0.2, -0.15) is 5.26 Å². The Bertz CT molecular complexity index is 721. The number of ether oxygens (including phenoxy) is 1. The smallest absolute Gasteiger partial charge is 0.146 e. The molecule has 7 atom stereocenters. The summed E-state index contributed by atoms with van der Waals surface area (Å²) in [5.74, 6) is 2.22. The van der Waals surface area contributed by atoms with Crippen molar-refractivity contribution in [1.29, 1.82) is 5.26 Å². The Kier molecular flexibility index (Phi) is 2.65. The lowest BCUT2D eigenvalue weighted by Crippen LogP contribution is -2.57. The summed E-state index contributed by atoms with van der Waals surface area (Å²) >= 11 is 0. The minimum absolute atomic E-state index is 0.0785. The van der Waals surface area contributed by atoms with E-state index in [2.05, 4.69) is 19.9 Å². The number of nitriles is 1. The molecular formula is C20H25NO3. The van der Waals surface area contributed by atoms with Crippen molar-refractivity contribution in [3.63, 3.8) is 0 Å². The predicted octanol–water partition coefficient (Wildman–Crippen LogP) is 3.68. The lowest BCUT2D eigenvalue weighted by atomic mass is 9.45. The molecule has 1 heterocycles. The Hall–Kier alpha value is -1.34. The second kappa shape index (κ2) is 4.25. The molecule has 0 aromatic carbocycles. The standard InChI is InChI=1S/C20H25NO3/c1-18-7-6-14-12(13(18)3-4-15(18)22)5-8-20-17(24-20)16(23)11(10-21)9-19(14,20)2/h12-14,17,23H,3-9H2,1-2H3/t12-,13-,14-,17-,18-,19+,20?/m0/s1. The number of nitrogens with zero attached hydrogens (tertiary/aromatic N) is 1. The maximum absolute atomic E-state index is 12.5. The molecule has 0 aromatic rings. The number of rotatable bonds is 0. The number of ketones is 1. The molecule has 0 aromatic heterocycles. The van der Waals surface area contributed by atoms with Gasteiger partial charge in [-0.3, -0.25) is 4.79 Å². The van der Waals surface area contributed by atoms with Crippen LogP contribution in [0.4, 0.5) is 0 Å². The largest absolute Gasteiger partial charge is 0.508 e. The van der Waals surface area contributed by atoms with Crippen molar-refractivity contribution in [3.8, 4) is 6.07 Å². The van der Waals surface area contributed by atoms with Crippen molar-refractivity contribution >= 4 is 5.78 Å². The first-order valence-corrected chi connectivity index (χ1v) is 9.41. The topological polar surface area (TPSA) is 73.6 Å². The highest BCUT2D eigenvalue weighted by atomic mass is 16.6. The average molecular weight is 327 g/mol. The van der Waals surface area contributed by atoms with Gasteiger partial charge in [0.2, 0.25) is 0 Å². The third kappa shape index (κ3) is 1.43. The maximum Gasteiger partial charge on any atom is 0.146 e. The van der Waals surface area contributed by atoms with Crippen LogP contribution in [-0.4, -0.2) is 22.6 Å². The molecule has 0 radical (unpaired) electrons. The van der Waals surface area contributed by atoms with Crippen molar-refractivity contribution < 1.29 is 14.6 Å². The Morgan fingerprint density at radius 3 is 2.75 bits per heavy atom. The SMILES string of the molecule is C[C@]12CC[C@H]3[C@@H](CCC45O[C@H]4C(O)=C(C#N)C[C@]35C)[C@@H]1CCC2=O. The summed E-state index contributed by atoms with van der Waals surface area (Å²) in [6, 6.07) is 2.22. The molecule has 24 heavy (non-hydrogen) atoms. The Morgan fingerprint density at radius 1 is 1.21 bits per heavy atom. The molecule has 3 saturated carbocycles. The predicted molar refractivity (Wildman–Crippen MR) is 86.9 cm³/mol. The minimum atomic E-state index is -0.259. The normalized spacial score (nSPS) is 55.1. The summed E-state index contributed by atoms with van der Waals surface area (Å²) in [6.07, 6.45) is 6.24. The van der Waals surface area contributed by atoms with E-state index in [1.807, 2.05) is 0 Å². The van der Waals surface area contributed by atoms with Crippen LogP contribution in [0, 0.1) is 39.9 Å². The molecule has 128 valence electrons. The summed E-state index contributed by atoms with van der Waals surface area (Å²) < 4.78 is 6.10. The van der Waals surface area contributed by atoms with E-state index < -0.39 is 0 Å². The molecular weight excluding hydrogens is 302 g/mol. The minimum Gasteiger partial charge on any atom is -0.508 e. The number of epoxide rings is 1. The Morgan fingerprint density at radius 2 is 2.00 bits per heavy atom. The molecule has 4 nitrogen and oxygen atoms in total. The molecule has 0 amide bonds. The molecule has 1 unspecified atom stereocenters. The van der Waals surface area contributed by atoms with E-state index in [-0.39, 0.29) is 28.3 Å².